The molecule has 11 heteroatoms. The number of H-pyrrole nitrogens is 1. The predicted octanol–water partition coefficient (Wildman–Crippen LogP) is 4.15. The van der Waals surface area contributed by atoms with Crippen molar-refractivity contribution in [3.63, 3.8) is 0 Å². The van der Waals surface area contributed by atoms with Crippen molar-refractivity contribution in [1.82, 2.24) is 25.8 Å². The molecule has 44 heavy (non-hydrogen) atoms. The number of halogens is 1. The van der Waals surface area contributed by atoms with Gasteiger partial charge in [-0.2, -0.15) is 0 Å². The van der Waals surface area contributed by atoms with E-state index in [1.807, 2.05) is 38.1 Å². The quantitative estimate of drug-likeness (QED) is 0.210. The molecular weight excluding hydrogens is 565 g/mol. The van der Waals surface area contributed by atoms with E-state index in [0.717, 1.165) is 42.1 Å². The number of rotatable bonds is 12. The highest BCUT2D eigenvalue weighted by Crippen LogP contribution is 2.20. The molecule has 1 aliphatic rings. The Kier molecular flexibility index (Phi) is 11.3. The maximum absolute atomic E-state index is 13.8. The zero-order valence-corrected chi connectivity index (χ0v) is 25.3. The standard InChI is InChI=1S/C33H42FN5O5/c1-21(2)16-27(38-33(44)39-14-7-3-4-8-15-39)30(40)36-28(19-23-20-35-26-13-6-5-12-25(23)26)31(41)37-29(32(42)43)18-22-10-9-11-24(34)17-22/h5-6,9-13,17,20-21,27-29,35H,3-4,7-8,14-16,18-19H2,1-2H3,(H,36,40)(H,37,41)(H,38,44)(H,42,43)/t27-,28+,29+/m0/s1. The molecule has 4 rings (SSSR count). The summed E-state index contributed by atoms with van der Waals surface area (Å²) in [6, 6.07) is 9.33. The molecule has 1 aromatic heterocycles. The number of aromatic nitrogens is 1. The number of aliphatic carboxylic acids is 1. The van der Waals surface area contributed by atoms with Crippen LogP contribution in [0.2, 0.25) is 0 Å². The van der Waals surface area contributed by atoms with Crippen LogP contribution in [0.4, 0.5) is 9.18 Å². The van der Waals surface area contributed by atoms with Gasteiger partial charge in [-0.3, -0.25) is 9.59 Å². The molecule has 0 spiro atoms. The lowest BCUT2D eigenvalue weighted by Crippen LogP contribution is -2.58. The van der Waals surface area contributed by atoms with E-state index in [-0.39, 0.29) is 24.8 Å². The van der Waals surface area contributed by atoms with Crippen LogP contribution in [-0.2, 0) is 27.2 Å². The first-order chi connectivity index (χ1) is 21.1. The van der Waals surface area contributed by atoms with E-state index in [4.69, 9.17) is 0 Å². The Bertz CT molecular complexity index is 1450. The Morgan fingerprint density at radius 2 is 1.55 bits per heavy atom. The van der Waals surface area contributed by atoms with Crippen LogP contribution in [0.1, 0.15) is 57.1 Å². The SMILES string of the molecule is CC(C)C[C@H](NC(=O)N1CCCCCC1)C(=O)N[C@H](Cc1c[nH]c2ccccc12)C(=O)N[C@H](Cc1cccc(F)c1)C(=O)O. The van der Waals surface area contributed by atoms with Gasteiger partial charge >= 0.3 is 12.0 Å². The molecule has 3 atom stereocenters. The number of carbonyl (C=O) groups is 4. The molecule has 3 aromatic rings. The van der Waals surface area contributed by atoms with Gasteiger partial charge in [-0.1, -0.05) is 57.0 Å². The van der Waals surface area contributed by atoms with Gasteiger partial charge in [0.2, 0.25) is 11.8 Å². The van der Waals surface area contributed by atoms with Crippen molar-refractivity contribution in [2.24, 2.45) is 5.92 Å². The van der Waals surface area contributed by atoms with E-state index in [0.29, 0.717) is 25.1 Å². The molecule has 1 fully saturated rings. The second-order valence-electron chi connectivity index (χ2n) is 11.9. The fraction of sp³-hybridized carbons (Fsp3) is 0.455. The molecule has 1 saturated heterocycles. The smallest absolute Gasteiger partial charge is 0.326 e. The highest BCUT2D eigenvalue weighted by Gasteiger charge is 2.31. The lowest BCUT2D eigenvalue weighted by Gasteiger charge is -2.28. The summed E-state index contributed by atoms with van der Waals surface area (Å²) in [6.45, 7) is 5.13. The zero-order chi connectivity index (χ0) is 31.6. The molecule has 0 saturated carbocycles. The van der Waals surface area contributed by atoms with Crippen LogP contribution in [0, 0.1) is 11.7 Å². The van der Waals surface area contributed by atoms with Gasteiger partial charge in [0.05, 0.1) is 0 Å². The Balaban J connectivity index is 1.56. The van der Waals surface area contributed by atoms with Crippen LogP contribution in [0.3, 0.4) is 0 Å². The average Bonchev–Trinajstić information content (AvgIpc) is 3.18. The number of nitrogens with one attached hydrogen (secondary N) is 4. The van der Waals surface area contributed by atoms with Gasteiger partial charge in [0.15, 0.2) is 0 Å². The number of aromatic amines is 1. The maximum Gasteiger partial charge on any atom is 0.326 e. The van der Waals surface area contributed by atoms with E-state index in [9.17, 15) is 28.7 Å². The van der Waals surface area contributed by atoms with E-state index in [1.54, 1.807) is 17.2 Å². The molecule has 1 aliphatic heterocycles. The summed E-state index contributed by atoms with van der Waals surface area (Å²) in [5.41, 5.74) is 2.01. The van der Waals surface area contributed by atoms with Crippen LogP contribution in [-0.4, -0.2) is 70.0 Å². The maximum atomic E-state index is 13.8. The number of fused-ring (bicyclic) bond motifs is 1. The second-order valence-corrected chi connectivity index (χ2v) is 11.9. The number of carboxylic acid groups (broad SMARTS) is 1. The zero-order valence-electron chi connectivity index (χ0n) is 25.3. The molecule has 10 nitrogen and oxygen atoms in total. The fourth-order valence-corrected chi connectivity index (χ4v) is 5.59. The number of likely N-dealkylation sites (tertiary alicyclic amines) is 1. The Morgan fingerprint density at radius 1 is 0.864 bits per heavy atom. The number of urea groups is 1. The number of nitrogens with zero attached hydrogens (tertiary/aromatic N) is 1. The van der Waals surface area contributed by atoms with Crippen molar-refractivity contribution in [2.75, 3.05) is 13.1 Å². The van der Waals surface area contributed by atoms with Crippen molar-refractivity contribution in [2.45, 2.75) is 76.9 Å². The Hall–Kier alpha value is -4.41. The third-order valence-corrected chi connectivity index (χ3v) is 7.89. The highest BCUT2D eigenvalue weighted by atomic mass is 19.1. The van der Waals surface area contributed by atoms with Gasteiger partial charge in [-0.05, 0) is 54.5 Å². The lowest BCUT2D eigenvalue weighted by molar-refractivity contribution is -0.142. The number of benzene rings is 2. The molecule has 0 aliphatic carbocycles. The fourth-order valence-electron chi connectivity index (χ4n) is 5.59. The molecule has 2 heterocycles. The number of hydrogen-bond acceptors (Lipinski definition) is 4. The van der Waals surface area contributed by atoms with E-state index < -0.39 is 41.7 Å². The number of para-hydroxylation sites is 1. The van der Waals surface area contributed by atoms with Crippen molar-refractivity contribution >= 4 is 34.7 Å². The summed E-state index contributed by atoms with van der Waals surface area (Å²) in [7, 11) is 0. The topological polar surface area (TPSA) is 144 Å². The van der Waals surface area contributed by atoms with Gasteiger partial charge in [0.1, 0.15) is 23.9 Å². The average molecular weight is 608 g/mol. The summed E-state index contributed by atoms with van der Waals surface area (Å²) >= 11 is 0. The van der Waals surface area contributed by atoms with Crippen LogP contribution < -0.4 is 16.0 Å². The molecule has 2 aromatic carbocycles. The van der Waals surface area contributed by atoms with Crippen LogP contribution in [0.25, 0.3) is 10.9 Å². The number of carbonyl (C=O) groups excluding carboxylic acids is 3. The minimum Gasteiger partial charge on any atom is -0.480 e. The number of carboxylic acids is 1. The highest BCUT2D eigenvalue weighted by molar-refractivity contribution is 5.94. The largest absolute Gasteiger partial charge is 0.480 e. The summed E-state index contributed by atoms with van der Waals surface area (Å²) < 4.78 is 13.8. The van der Waals surface area contributed by atoms with E-state index in [2.05, 4.69) is 20.9 Å². The summed E-state index contributed by atoms with van der Waals surface area (Å²) in [4.78, 5) is 57.6. The molecule has 0 radical (unpaired) electrons. The van der Waals surface area contributed by atoms with Gasteiger partial charge in [0, 0.05) is 43.0 Å². The van der Waals surface area contributed by atoms with Gasteiger partial charge in [-0.15, -0.1) is 0 Å². The minimum atomic E-state index is -1.36. The predicted molar refractivity (Wildman–Crippen MR) is 165 cm³/mol. The van der Waals surface area contributed by atoms with Crippen molar-refractivity contribution in [3.05, 3.63) is 71.7 Å². The normalized spacial score (nSPS) is 15.7. The summed E-state index contributed by atoms with van der Waals surface area (Å²) in [6.07, 6.45) is 5.96. The van der Waals surface area contributed by atoms with Crippen LogP contribution >= 0.6 is 0 Å². The molecular formula is C33H42FN5O5. The lowest BCUT2D eigenvalue weighted by atomic mass is 10.00. The first-order valence-corrected chi connectivity index (χ1v) is 15.3. The molecule has 236 valence electrons. The Morgan fingerprint density at radius 3 is 2.23 bits per heavy atom. The summed E-state index contributed by atoms with van der Waals surface area (Å²) in [5.74, 6) is -2.96. The molecule has 0 bridgehead atoms. The Labute approximate surface area is 256 Å². The van der Waals surface area contributed by atoms with Crippen LogP contribution in [0.5, 0.6) is 0 Å². The monoisotopic (exact) mass is 607 g/mol. The number of amides is 4. The van der Waals surface area contributed by atoms with Crippen molar-refractivity contribution < 1.29 is 28.7 Å². The summed E-state index contributed by atoms with van der Waals surface area (Å²) in [5, 5.41) is 19.0. The van der Waals surface area contributed by atoms with Crippen LogP contribution in [0.15, 0.2) is 54.7 Å². The van der Waals surface area contributed by atoms with Gasteiger partial charge in [0.25, 0.3) is 0 Å². The minimum absolute atomic E-state index is 0.0683. The molecule has 5 N–H and O–H groups in total. The van der Waals surface area contributed by atoms with E-state index in [1.165, 1.54) is 18.2 Å². The first kappa shape index (κ1) is 32.5. The van der Waals surface area contributed by atoms with Crippen molar-refractivity contribution in [1.29, 1.82) is 0 Å². The second kappa shape index (κ2) is 15.4. The molecule has 0 unspecified atom stereocenters. The van der Waals surface area contributed by atoms with Gasteiger partial charge < -0.3 is 30.9 Å². The molecule has 4 amide bonds. The third-order valence-electron chi connectivity index (χ3n) is 7.89. The third kappa shape index (κ3) is 9.05. The van der Waals surface area contributed by atoms with E-state index >= 15 is 0 Å². The first-order valence-electron chi connectivity index (χ1n) is 15.3. The van der Waals surface area contributed by atoms with Gasteiger partial charge in [-0.25, -0.2) is 14.0 Å². The van der Waals surface area contributed by atoms with Crippen molar-refractivity contribution in [3.8, 4) is 0 Å². The number of hydrogen-bond donors (Lipinski definition) is 5.